The fourth-order valence-corrected chi connectivity index (χ4v) is 2.83. The van der Waals surface area contributed by atoms with Crippen LogP contribution in [0.5, 0.6) is 0 Å². The smallest absolute Gasteiger partial charge is 0.326 e. The Morgan fingerprint density at radius 2 is 1.86 bits per heavy atom. The molecule has 2 rings (SSSR count). The Bertz CT molecular complexity index is 810. The fraction of sp³-hybridized carbons (Fsp3) is 0.450. The first kappa shape index (κ1) is 22.1. The third-order valence-electron chi connectivity index (χ3n) is 4.81. The monoisotopic (exact) mass is 403 g/mol. The predicted octanol–water partition coefficient (Wildman–Crippen LogP) is 0.567. The Morgan fingerprint density at radius 3 is 2.41 bits per heavy atom. The average molecular weight is 403 g/mol. The van der Waals surface area contributed by atoms with Crippen molar-refractivity contribution in [1.82, 2.24) is 15.5 Å². The number of urea groups is 1. The van der Waals surface area contributed by atoms with E-state index in [9.17, 15) is 24.0 Å². The van der Waals surface area contributed by atoms with Gasteiger partial charge < -0.3 is 15.4 Å². The molecule has 0 aromatic heterocycles. The highest BCUT2D eigenvalue weighted by Gasteiger charge is 2.47. The first-order valence-electron chi connectivity index (χ1n) is 9.29. The summed E-state index contributed by atoms with van der Waals surface area (Å²) in [6.07, 6.45) is 0.688. The number of nitrogens with one attached hydrogen (secondary N) is 2. The number of carbonyl (C=O) groups is 5. The van der Waals surface area contributed by atoms with Gasteiger partial charge in [0.05, 0.1) is 6.04 Å². The van der Waals surface area contributed by atoms with Gasteiger partial charge in [-0.25, -0.2) is 4.79 Å². The molecule has 1 aliphatic heterocycles. The summed E-state index contributed by atoms with van der Waals surface area (Å²) in [6.45, 7) is 3.47. The lowest BCUT2D eigenvalue weighted by atomic mass is 9.99. The topological polar surface area (TPSA) is 122 Å². The highest BCUT2D eigenvalue weighted by molar-refractivity contribution is 6.08. The molecule has 1 saturated heterocycles. The molecule has 0 radical (unpaired) electrons. The van der Waals surface area contributed by atoms with Crippen LogP contribution in [0.1, 0.15) is 32.8 Å². The van der Waals surface area contributed by atoms with E-state index in [-0.39, 0.29) is 5.78 Å². The number of nitrogens with zero attached hydrogens (tertiary/aromatic N) is 1. The van der Waals surface area contributed by atoms with Crippen molar-refractivity contribution in [3.8, 4) is 0 Å². The van der Waals surface area contributed by atoms with E-state index in [1.165, 1.54) is 6.92 Å². The Kier molecular flexibility index (Phi) is 7.08. The summed E-state index contributed by atoms with van der Waals surface area (Å²) in [5.74, 6) is -2.30. The lowest BCUT2D eigenvalue weighted by molar-refractivity contribution is -0.151. The molecule has 1 aromatic carbocycles. The van der Waals surface area contributed by atoms with Crippen LogP contribution in [0.15, 0.2) is 30.3 Å². The number of amides is 4. The summed E-state index contributed by atoms with van der Waals surface area (Å²) < 4.78 is 4.86. The zero-order valence-electron chi connectivity index (χ0n) is 16.7. The van der Waals surface area contributed by atoms with Crippen molar-refractivity contribution < 1.29 is 28.7 Å². The average Bonchev–Trinajstić information content (AvgIpc) is 2.90. The van der Waals surface area contributed by atoms with Gasteiger partial charge in [-0.3, -0.25) is 24.1 Å². The highest BCUT2D eigenvalue weighted by Crippen LogP contribution is 2.20. The third-order valence-corrected chi connectivity index (χ3v) is 4.81. The Hall–Kier alpha value is -3.23. The molecule has 0 spiro atoms. The number of hydrogen-bond donors (Lipinski definition) is 2. The van der Waals surface area contributed by atoms with Crippen molar-refractivity contribution in [2.24, 2.45) is 0 Å². The summed E-state index contributed by atoms with van der Waals surface area (Å²) in [7, 11) is 0. The Labute approximate surface area is 168 Å². The van der Waals surface area contributed by atoms with E-state index in [1.807, 2.05) is 30.3 Å². The Balaban J connectivity index is 1.84. The molecule has 0 unspecified atom stereocenters. The molecule has 1 fully saturated rings. The number of ketones is 1. The van der Waals surface area contributed by atoms with E-state index in [2.05, 4.69) is 10.6 Å². The molecular weight excluding hydrogens is 378 g/mol. The van der Waals surface area contributed by atoms with Gasteiger partial charge in [0.1, 0.15) is 12.1 Å². The van der Waals surface area contributed by atoms with Crippen LogP contribution in [0.2, 0.25) is 0 Å². The molecule has 0 bridgehead atoms. The number of rotatable bonds is 9. The van der Waals surface area contributed by atoms with Crippen molar-refractivity contribution in [1.29, 1.82) is 0 Å². The van der Waals surface area contributed by atoms with Crippen molar-refractivity contribution in [3.05, 3.63) is 35.9 Å². The van der Waals surface area contributed by atoms with E-state index in [0.29, 0.717) is 12.8 Å². The van der Waals surface area contributed by atoms with Crippen LogP contribution in [-0.4, -0.2) is 59.2 Å². The number of Topliss-reactive ketones (excluding diaryl/α,β-unsaturated/α-hetero) is 1. The molecule has 0 saturated carbocycles. The van der Waals surface area contributed by atoms with Crippen molar-refractivity contribution in [3.63, 3.8) is 0 Å². The maximum absolute atomic E-state index is 12.3. The summed E-state index contributed by atoms with van der Waals surface area (Å²) in [5.41, 5.74) is -0.177. The molecule has 9 heteroatoms. The SMILES string of the molecule is CC[C@@]1(C)NC(=O)N(CC(=O)OCC(=O)N[C@@H](Cc2ccccc2)C(C)=O)C1=O. The molecule has 2 atom stereocenters. The van der Waals surface area contributed by atoms with Gasteiger partial charge in [0.15, 0.2) is 12.4 Å². The standard InChI is InChI=1S/C20H25N3O6/c1-4-20(3)18(27)23(19(28)22-20)11-17(26)29-12-16(25)21-15(13(2)24)10-14-8-6-5-7-9-14/h5-9,15H,4,10-12H2,1-3H3,(H,21,25)(H,22,28)/t15-,20+/m0/s1. The van der Waals surface area contributed by atoms with Crippen molar-refractivity contribution in [2.75, 3.05) is 13.2 Å². The minimum atomic E-state index is -1.05. The summed E-state index contributed by atoms with van der Waals surface area (Å²) in [5, 5.41) is 5.05. The second-order valence-electron chi connectivity index (χ2n) is 7.09. The van der Waals surface area contributed by atoms with Gasteiger partial charge in [-0.05, 0) is 32.3 Å². The maximum Gasteiger partial charge on any atom is 0.326 e. The molecule has 1 heterocycles. The quantitative estimate of drug-likeness (QED) is 0.459. The van der Waals surface area contributed by atoms with Crippen molar-refractivity contribution >= 4 is 29.6 Å². The molecule has 29 heavy (non-hydrogen) atoms. The van der Waals surface area contributed by atoms with Crippen LogP contribution in [0.3, 0.4) is 0 Å². The number of benzene rings is 1. The van der Waals surface area contributed by atoms with Gasteiger partial charge in [0.2, 0.25) is 0 Å². The molecule has 0 aliphatic carbocycles. The van der Waals surface area contributed by atoms with E-state index in [0.717, 1.165) is 10.5 Å². The van der Waals surface area contributed by atoms with Gasteiger partial charge in [0.25, 0.3) is 11.8 Å². The van der Waals surface area contributed by atoms with E-state index < -0.39 is 48.5 Å². The summed E-state index contributed by atoms with van der Waals surface area (Å²) in [6, 6.07) is 7.75. The predicted molar refractivity (Wildman–Crippen MR) is 103 cm³/mol. The maximum atomic E-state index is 12.3. The first-order chi connectivity index (χ1) is 13.7. The lowest BCUT2D eigenvalue weighted by Crippen LogP contribution is -2.44. The van der Waals surface area contributed by atoms with Crippen LogP contribution < -0.4 is 10.6 Å². The van der Waals surface area contributed by atoms with E-state index in [4.69, 9.17) is 4.74 Å². The Morgan fingerprint density at radius 1 is 1.21 bits per heavy atom. The van der Waals surface area contributed by atoms with Gasteiger partial charge >= 0.3 is 12.0 Å². The second kappa shape index (κ2) is 9.31. The zero-order chi connectivity index (χ0) is 21.6. The minimum Gasteiger partial charge on any atom is -0.454 e. The largest absolute Gasteiger partial charge is 0.454 e. The normalized spacial score (nSPS) is 19.5. The molecular formula is C20H25N3O6. The fourth-order valence-electron chi connectivity index (χ4n) is 2.83. The second-order valence-corrected chi connectivity index (χ2v) is 7.09. The first-order valence-corrected chi connectivity index (χ1v) is 9.29. The number of ether oxygens (including phenoxy) is 1. The number of esters is 1. The summed E-state index contributed by atoms with van der Waals surface area (Å²) >= 11 is 0. The highest BCUT2D eigenvalue weighted by atomic mass is 16.5. The van der Waals surface area contributed by atoms with Gasteiger partial charge in [-0.15, -0.1) is 0 Å². The molecule has 4 amide bonds. The summed E-state index contributed by atoms with van der Waals surface area (Å²) in [4.78, 5) is 60.7. The molecule has 1 aliphatic rings. The van der Waals surface area contributed by atoms with E-state index in [1.54, 1.807) is 13.8 Å². The van der Waals surface area contributed by atoms with Crippen molar-refractivity contribution in [2.45, 2.75) is 45.2 Å². The molecule has 1 aromatic rings. The van der Waals surface area contributed by atoms with Crippen LogP contribution in [0, 0.1) is 0 Å². The van der Waals surface area contributed by atoms with Gasteiger partial charge in [-0.2, -0.15) is 0 Å². The minimum absolute atomic E-state index is 0.230. The molecule has 9 nitrogen and oxygen atoms in total. The number of hydrogen-bond acceptors (Lipinski definition) is 6. The van der Waals surface area contributed by atoms with Crippen LogP contribution in [0.25, 0.3) is 0 Å². The molecule has 156 valence electrons. The van der Waals surface area contributed by atoms with Crippen LogP contribution in [0.4, 0.5) is 4.79 Å². The number of carbonyl (C=O) groups excluding carboxylic acids is 5. The lowest BCUT2D eigenvalue weighted by Gasteiger charge is -2.19. The van der Waals surface area contributed by atoms with Crippen LogP contribution in [-0.2, 0) is 30.3 Å². The van der Waals surface area contributed by atoms with Gasteiger partial charge in [-0.1, -0.05) is 37.3 Å². The molecule has 2 N–H and O–H groups in total. The van der Waals surface area contributed by atoms with Gasteiger partial charge in [0, 0.05) is 0 Å². The third kappa shape index (κ3) is 5.63. The van der Waals surface area contributed by atoms with Crippen LogP contribution >= 0.6 is 0 Å². The van der Waals surface area contributed by atoms with E-state index >= 15 is 0 Å². The number of imide groups is 1. The zero-order valence-corrected chi connectivity index (χ0v) is 16.7.